The molecule has 1 aromatic carbocycles. The van der Waals surface area contributed by atoms with Crippen molar-refractivity contribution in [3.63, 3.8) is 0 Å². The maximum Gasteiger partial charge on any atom is 0.340 e. The largest absolute Gasteiger partial charge is 0.478 e. The third-order valence-electron chi connectivity index (χ3n) is 2.68. The Morgan fingerprint density at radius 1 is 1.50 bits per heavy atom. The van der Waals surface area contributed by atoms with Gasteiger partial charge in [-0.3, -0.25) is 0 Å². The molecule has 1 heterocycles. The first kappa shape index (κ1) is 14.5. The van der Waals surface area contributed by atoms with Crippen molar-refractivity contribution in [1.82, 2.24) is 9.78 Å². The summed E-state index contributed by atoms with van der Waals surface area (Å²) >= 11 is 1.48. The number of hydrogen-bond donors (Lipinski definition) is 1. The molecule has 0 spiro atoms. The summed E-state index contributed by atoms with van der Waals surface area (Å²) in [5.41, 5.74) is 1.01. The summed E-state index contributed by atoms with van der Waals surface area (Å²) in [6, 6.07) is 7.01. The molecule has 2 aromatic rings. The van der Waals surface area contributed by atoms with Gasteiger partial charge in [-0.1, -0.05) is 13.0 Å². The Bertz CT molecular complexity index is 637. The Morgan fingerprint density at radius 3 is 2.80 bits per heavy atom. The number of benzene rings is 1. The summed E-state index contributed by atoms with van der Waals surface area (Å²) in [6.07, 6.45) is 0. The molecule has 0 radical (unpaired) electrons. The molecule has 6 heteroatoms. The highest BCUT2D eigenvalue weighted by Crippen LogP contribution is 2.33. The maximum absolute atomic E-state index is 11.5. The van der Waals surface area contributed by atoms with Gasteiger partial charge in [0.05, 0.1) is 5.69 Å². The number of hydrogen-bond acceptors (Lipinski definition) is 4. The van der Waals surface area contributed by atoms with E-state index in [1.165, 1.54) is 11.8 Å². The Hall–Kier alpha value is -1.95. The summed E-state index contributed by atoms with van der Waals surface area (Å²) in [4.78, 5) is 12.2. The van der Waals surface area contributed by atoms with Crippen LogP contribution >= 0.6 is 11.8 Å². The molecule has 1 aromatic heterocycles. The second kappa shape index (κ2) is 6.00. The number of carbonyl (C=O) groups is 1. The second-order valence-electron chi connectivity index (χ2n) is 4.22. The van der Waals surface area contributed by atoms with Gasteiger partial charge in [0.1, 0.15) is 11.3 Å². The molecular formula is C14H16N2O3S. The van der Waals surface area contributed by atoms with Gasteiger partial charge in [-0.2, -0.15) is 5.10 Å². The summed E-state index contributed by atoms with van der Waals surface area (Å²) in [7, 11) is 1.76. The number of ether oxygens (including phenoxy) is 1. The van der Waals surface area contributed by atoms with Gasteiger partial charge in [0.15, 0.2) is 0 Å². The van der Waals surface area contributed by atoms with Crippen LogP contribution in [0.2, 0.25) is 0 Å². The van der Waals surface area contributed by atoms with Crippen molar-refractivity contribution in [2.45, 2.75) is 18.7 Å². The van der Waals surface area contributed by atoms with Crippen LogP contribution in [0, 0.1) is 6.92 Å². The minimum Gasteiger partial charge on any atom is -0.478 e. The van der Waals surface area contributed by atoms with Gasteiger partial charge in [-0.15, -0.1) is 11.8 Å². The van der Waals surface area contributed by atoms with Gasteiger partial charge in [0.2, 0.25) is 5.88 Å². The zero-order valence-electron chi connectivity index (χ0n) is 11.6. The highest BCUT2D eigenvalue weighted by atomic mass is 32.2. The molecule has 0 atom stereocenters. The van der Waals surface area contributed by atoms with E-state index in [9.17, 15) is 9.90 Å². The maximum atomic E-state index is 11.5. The minimum atomic E-state index is -0.990. The summed E-state index contributed by atoms with van der Waals surface area (Å²) < 4.78 is 7.30. The number of aromatic carboxylic acids is 1. The predicted molar refractivity (Wildman–Crippen MR) is 77.8 cm³/mol. The average molecular weight is 292 g/mol. The number of aromatic nitrogens is 2. The van der Waals surface area contributed by atoms with E-state index in [-0.39, 0.29) is 5.56 Å². The zero-order valence-corrected chi connectivity index (χ0v) is 12.4. The normalized spacial score (nSPS) is 10.6. The first-order valence-electron chi connectivity index (χ1n) is 6.20. The zero-order chi connectivity index (χ0) is 14.7. The smallest absolute Gasteiger partial charge is 0.340 e. The number of thioether (sulfide) groups is 1. The van der Waals surface area contributed by atoms with Crippen molar-refractivity contribution in [3.8, 4) is 11.6 Å². The van der Waals surface area contributed by atoms with E-state index in [0.717, 1.165) is 11.4 Å². The van der Waals surface area contributed by atoms with Crippen molar-refractivity contribution >= 4 is 17.7 Å². The number of carboxylic acids is 1. The van der Waals surface area contributed by atoms with Gasteiger partial charge < -0.3 is 9.84 Å². The van der Waals surface area contributed by atoms with Crippen LogP contribution in [0.25, 0.3) is 0 Å². The molecule has 0 amide bonds. The van der Waals surface area contributed by atoms with E-state index in [2.05, 4.69) is 5.10 Å². The van der Waals surface area contributed by atoms with E-state index in [1.807, 2.05) is 13.8 Å². The average Bonchev–Trinajstić information content (AvgIpc) is 2.68. The highest BCUT2D eigenvalue weighted by molar-refractivity contribution is 7.99. The fraction of sp³-hybridized carbons (Fsp3) is 0.286. The summed E-state index contributed by atoms with van der Waals surface area (Å²) in [6.45, 7) is 3.84. The monoisotopic (exact) mass is 292 g/mol. The molecule has 0 bridgehead atoms. The molecule has 0 unspecified atom stereocenters. The molecule has 0 saturated heterocycles. The van der Waals surface area contributed by atoms with Crippen LogP contribution in [0.1, 0.15) is 23.0 Å². The number of aryl methyl sites for hydroxylation is 2. The minimum absolute atomic E-state index is 0.193. The van der Waals surface area contributed by atoms with E-state index in [1.54, 1.807) is 36.0 Å². The Balaban J connectivity index is 2.43. The van der Waals surface area contributed by atoms with Crippen LogP contribution in [0.15, 0.2) is 29.2 Å². The molecule has 20 heavy (non-hydrogen) atoms. The molecule has 1 N–H and O–H groups in total. The standard InChI is InChI=1S/C14H16N2O3S/c1-4-20-11-7-5-6-10(13(11)14(17)18)19-12-8-9(2)15-16(12)3/h5-8H,4H2,1-3H3,(H,17,18). The van der Waals surface area contributed by atoms with E-state index in [4.69, 9.17) is 4.74 Å². The van der Waals surface area contributed by atoms with Crippen molar-refractivity contribution in [3.05, 3.63) is 35.5 Å². The van der Waals surface area contributed by atoms with Crippen LogP contribution in [-0.2, 0) is 7.05 Å². The molecule has 106 valence electrons. The molecule has 0 fully saturated rings. The Kier molecular flexibility index (Phi) is 4.34. The highest BCUT2D eigenvalue weighted by Gasteiger charge is 2.18. The van der Waals surface area contributed by atoms with Gasteiger partial charge >= 0.3 is 5.97 Å². The lowest BCUT2D eigenvalue weighted by Crippen LogP contribution is -2.04. The van der Waals surface area contributed by atoms with Crippen LogP contribution in [0.5, 0.6) is 11.6 Å². The topological polar surface area (TPSA) is 64.4 Å². The molecule has 2 rings (SSSR count). The first-order chi connectivity index (χ1) is 9.52. The SMILES string of the molecule is CCSc1cccc(Oc2cc(C)nn2C)c1C(=O)O. The molecule has 0 saturated carbocycles. The third kappa shape index (κ3) is 2.96. The Morgan fingerprint density at radius 2 is 2.25 bits per heavy atom. The molecule has 0 aliphatic rings. The van der Waals surface area contributed by atoms with Gasteiger partial charge in [0.25, 0.3) is 0 Å². The third-order valence-corrected chi connectivity index (χ3v) is 3.62. The molecule has 5 nitrogen and oxygen atoms in total. The Labute approximate surface area is 121 Å². The van der Waals surface area contributed by atoms with Crippen molar-refractivity contribution in [2.24, 2.45) is 7.05 Å². The van der Waals surface area contributed by atoms with Gasteiger partial charge in [-0.25, -0.2) is 9.48 Å². The van der Waals surface area contributed by atoms with Gasteiger partial charge in [-0.05, 0) is 24.8 Å². The van der Waals surface area contributed by atoms with Crippen LogP contribution in [-0.4, -0.2) is 26.6 Å². The molecule has 0 aliphatic carbocycles. The number of rotatable bonds is 5. The quantitative estimate of drug-likeness (QED) is 0.856. The van der Waals surface area contributed by atoms with Crippen LogP contribution in [0.3, 0.4) is 0 Å². The van der Waals surface area contributed by atoms with Gasteiger partial charge in [0, 0.05) is 18.0 Å². The predicted octanol–water partition coefficient (Wildman–Crippen LogP) is 3.33. The summed E-state index contributed by atoms with van der Waals surface area (Å²) in [5.74, 6) is 0.659. The second-order valence-corrected chi connectivity index (χ2v) is 5.52. The number of nitrogens with zero attached hydrogens (tertiary/aromatic N) is 2. The molecular weight excluding hydrogens is 276 g/mol. The van der Waals surface area contributed by atoms with E-state index >= 15 is 0 Å². The van der Waals surface area contributed by atoms with E-state index in [0.29, 0.717) is 16.5 Å². The lowest BCUT2D eigenvalue weighted by atomic mass is 10.2. The lowest BCUT2D eigenvalue weighted by Gasteiger charge is -2.11. The summed E-state index contributed by atoms with van der Waals surface area (Å²) in [5, 5.41) is 13.6. The number of carboxylic acid groups (broad SMARTS) is 1. The lowest BCUT2D eigenvalue weighted by molar-refractivity contribution is 0.0690. The fourth-order valence-corrected chi connectivity index (χ4v) is 2.70. The van der Waals surface area contributed by atoms with Crippen molar-refractivity contribution in [2.75, 3.05) is 5.75 Å². The van der Waals surface area contributed by atoms with Crippen molar-refractivity contribution < 1.29 is 14.6 Å². The molecule has 0 aliphatic heterocycles. The first-order valence-corrected chi connectivity index (χ1v) is 7.19. The van der Waals surface area contributed by atoms with Crippen LogP contribution in [0.4, 0.5) is 0 Å². The van der Waals surface area contributed by atoms with E-state index < -0.39 is 5.97 Å². The van der Waals surface area contributed by atoms with Crippen LogP contribution < -0.4 is 4.74 Å². The fourth-order valence-electron chi connectivity index (χ4n) is 1.88. The van der Waals surface area contributed by atoms with Crippen molar-refractivity contribution in [1.29, 1.82) is 0 Å².